The average Bonchev–Trinajstić information content (AvgIpc) is 2.83. The molecule has 0 bridgehead atoms. The van der Waals surface area contributed by atoms with Crippen LogP contribution in [0.5, 0.6) is 0 Å². The van der Waals surface area contributed by atoms with E-state index in [9.17, 15) is 5.11 Å². The molecule has 6 nitrogen and oxygen atoms in total. The summed E-state index contributed by atoms with van der Waals surface area (Å²) in [7, 11) is 0. The number of rotatable bonds is 1. The number of fused-ring (bicyclic) bond motifs is 1. The van der Waals surface area contributed by atoms with E-state index in [4.69, 9.17) is 17.3 Å². The Kier molecular flexibility index (Phi) is 2.41. The fourth-order valence-electron chi connectivity index (χ4n) is 2.35. The van der Waals surface area contributed by atoms with E-state index in [1.54, 1.807) is 6.33 Å². The molecule has 2 aromatic heterocycles. The van der Waals surface area contributed by atoms with Crippen LogP contribution in [0.3, 0.4) is 0 Å². The molecule has 2 aromatic rings. The Morgan fingerprint density at radius 3 is 2.94 bits per heavy atom. The van der Waals surface area contributed by atoms with Crippen LogP contribution in [0.25, 0.3) is 11.2 Å². The summed E-state index contributed by atoms with van der Waals surface area (Å²) in [6, 6.07) is 0.209. The molecule has 0 saturated heterocycles. The number of anilines is 1. The van der Waals surface area contributed by atoms with Crippen molar-refractivity contribution in [2.75, 3.05) is 5.73 Å². The van der Waals surface area contributed by atoms with E-state index >= 15 is 0 Å². The third-order valence-electron chi connectivity index (χ3n) is 3.17. The average molecular weight is 254 g/mol. The van der Waals surface area contributed by atoms with Gasteiger partial charge in [-0.15, -0.1) is 0 Å². The fraction of sp³-hybridized carbons (Fsp3) is 0.500. The molecule has 0 aromatic carbocycles. The topological polar surface area (TPSA) is 89.8 Å². The Morgan fingerprint density at radius 2 is 2.24 bits per heavy atom. The minimum Gasteiger partial charge on any atom is -0.393 e. The van der Waals surface area contributed by atoms with Gasteiger partial charge in [0.25, 0.3) is 0 Å². The maximum Gasteiger partial charge on any atom is 0.223 e. The summed E-state index contributed by atoms with van der Waals surface area (Å²) in [6.45, 7) is 0. The van der Waals surface area contributed by atoms with Crippen LogP contribution in [0.2, 0.25) is 5.15 Å². The lowest BCUT2D eigenvalue weighted by atomic mass is 10.2. The number of hydrogen-bond donors (Lipinski definition) is 2. The van der Waals surface area contributed by atoms with Crippen LogP contribution in [0.15, 0.2) is 6.33 Å². The zero-order valence-corrected chi connectivity index (χ0v) is 9.80. The van der Waals surface area contributed by atoms with Crippen molar-refractivity contribution in [2.24, 2.45) is 0 Å². The Labute approximate surface area is 102 Å². The lowest BCUT2D eigenvalue weighted by Gasteiger charge is -2.11. The predicted octanol–water partition coefficient (Wildman–Crippen LogP) is 1.15. The molecule has 0 amide bonds. The molecule has 0 radical (unpaired) electrons. The Hall–Kier alpha value is -1.40. The van der Waals surface area contributed by atoms with Crippen LogP contribution in [0, 0.1) is 0 Å². The van der Waals surface area contributed by atoms with Crippen molar-refractivity contribution in [3.63, 3.8) is 0 Å². The fourth-order valence-corrected chi connectivity index (χ4v) is 2.57. The van der Waals surface area contributed by atoms with Gasteiger partial charge in [0.2, 0.25) is 5.95 Å². The van der Waals surface area contributed by atoms with Crippen molar-refractivity contribution in [2.45, 2.75) is 31.4 Å². The SMILES string of the molecule is Nc1nc(Cl)c2ncn([C@@H]3CC[C@@H](O)C3)c2n1. The highest BCUT2D eigenvalue weighted by molar-refractivity contribution is 6.33. The summed E-state index contributed by atoms with van der Waals surface area (Å²) in [5.74, 6) is 0.141. The summed E-state index contributed by atoms with van der Waals surface area (Å²) >= 11 is 5.95. The predicted molar refractivity (Wildman–Crippen MR) is 63.6 cm³/mol. The number of aliphatic hydroxyl groups is 1. The Bertz CT molecular complexity index is 569. The van der Waals surface area contributed by atoms with Gasteiger partial charge in [0.1, 0.15) is 5.52 Å². The van der Waals surface area contributed by atoms with Crippen molar-refractivity contribution < 1.29 is 5.11 Å². The maximum absolute atomic E-state index is 9.56. The molecule has 1 fully saturated rings. The zero-order valence-electron chi connectivity index (χ0n) is 9.04. The molecule has 3 rings (SSSR count). The normalized spacial score (nSPS) is 24.6. The van der Waals surface area contributed by atoms with E-state index in [1.165, 1.54) is 0 Å². The highest BCUT2D eigenvalue weighted by Crippen LogP contribution is 2.32. The van der Waals surface area contributed by atoms with Gasteiger partial charge < -0.3 is 15.4 Å². The molecule has 1 aliphatic carbocycles. The Morgan fingerprint density at radius 1 is 1.41 bits per heavy atom. The lowest BCUT2D eigenvalue weighted by Crippen LogP contribution is -2.07. The van der Waals surface area contributed by atoms with Crippen molar-refractivity contribution in [3.05, 3.63) is 11.5 Å². The van der Waals surface area contributed by atoms with Gasteiger partial charge >= 0.3 is 0 Å². The van der Waals surface area contributed by atoms with E-state index in [1.807, 2.05) is 4.57 Å². The summed E-state index contributed by atoms with van der Waals surface area (Å²) in [5, 5.41) is 9.83. The highest BCUT2D eigenvalue weighted by Gasteiger charge is 2.26. The van der Waals surface area contributed by atoms with Crippen LogP contribution >= 0.6 is 11.6 Å². The molecule has 2 heterocycles. The van der Waals surface area contributed by atoms with E-state index in [0.29, 0.717) is 17.6 Å². The number of nitrogens with zero attached hydrogens (tertiary/aromatic N) is 4. The third kappa shape index (κ3) is 1.73. The first-order chi connectivity index (χ1) is 8.15. The van der Waals surface area contributed by atoms with Gasteiger partial charge in [0, 0.05) is 6.04 Å². The van der Waals surface area contributed by atoms with Gasteiger partial charge in [0.15, 0.2) is 10.8 Å². The first kappa shape index (κ1) is 10.7. The first-order valence-corrected chi connectivity index (χ1v) is 5.86. The molecule has 90 valence electrons. The third-order valence-corrected chi connectivity index (χ3v) is 3.43. The number of aromatic nitrogens is 4. The van der Waals surface area contributed by atoms with Gasteiger partial charge in [-0.05, 0) is 19.3 Å². The van der Waals surface area contributed by atoms with Crippen LogP contribution < -0.4 is 5.73 Å². The number of hydrogen-bond acceptors (Lipinski definition) is 5. The molecule has 3 N–H and O–H groups in total. The van der Waals surface area contributed by atoms with Crippen LogP contribution in [0.1, 0.15) is 25.3 Å². The summed E-state index contributed by atoms with van der Waals surface area (Å²) < 4.78 is 1.93. The quantitative estimate of drug-likeness (QED) is 0.744. The molecule has 1 aliphatic rings. The highest BCUT2D eigenvalue weighted by atomic mass is 35.5. The molecule has 0 aliphatic heterocycles. The van der Waals surface area contributed by atoms with Crippen molar-refractivity contribution in [1.82, 2.24) is 19.5 Å². The molecule has 17 heavy (non-hydrogen) atoms. The second-order valence-corrected chi connectivity index (χ2v) is 4.68. The van der Waals surface area contributed by atoms with Crippen molar-refractivity contribution in [1.29, 1.82) is 0 Å². The van der Waals surface area contributed by atoms with Crippen LogP contribution in [-0.4, -0.2) is 30.7 Å². The summed E-state index contributed by atoms with van der Waals surface area (Å²) in [5.41, 5.74) is 6.78. The van der Waals surface area contributed by atoms with Crippen LogP contribution in [0.4, 0.5) is 5.95 Å². The second-order valence-electron chi connectivity index (χ2n) is 4.32. The number of halogens is 1. The van der Waals surface area contributed by atoms with Gasteiger partial charge in [0.05, 0.1) is 12.4 Å². The van der Waals surface area contributed by atoms with Crippen molar-refractivity contribution >= 4 is 28.7 Å². The van der Waals surface area contributed by atoms with E-state index in [2.05, 4.69) is 15.0 Å². The summed E-state index contributed by atoms with van der Waals surface area (Å²) in [6.07, 6.45) is 3.87. The molecular formula is C10H12ClN5O. The van der Waals surface area contributed by atoms with Crippen LogP contribution in [-0.2, 0) is 0 Å². The Balaban J connectivity index is 2.11. The van der Waals surface area contributed by atoms with Crippen molar-refractivity contribution in [3.8, 4) is 0 Å². The van der Waals surface area contributed by atoms with E-state index < -0.39 is 0 Å². The number of nitrogen functional groups attached to an aromatic ring is 1. The monoisotopic (exact) mass is 253 g/mol. The second kappa shape index (κ2) is 3.82. The number of nitrogens with two attached hydrogens (primary N) is 1. The van der Waals surface area contributed by atoms with Gasteiger partial charge in [-0.3, -0.25) is 0 Å². The van der Waals surface area contributed by atoms with E-state index in [-0.39, 0.29) is 23.2 Å². The van der Waals surface area contributed by atoms with Gasteiger partial charge in [-0.1, -0.05) is 11.6 Å². The van der Waals surface area contributed by atoms with Gasteiger partial charge in [-0.25, -0.2) is 4.98 Å². The standard InChI is InChI=1S/C10H12ClN5O/c11-8-7-9(15-10(12)14-8)16(4-13-7)5-1-2-6(17)3-5/h4-6,17H,1-3H2,(H2,12,14,15)/t5-,6-/m1/s1. The molecule has 2 atom stereocenters. The molecule has 0 unspecified atom stereocenters. The lowest BCUT2D eigenvalue weighted by molar-refractivity contribution is 0.178. The minimum absolute atomic E-state index is 0.141. The summed E-state index contributed by atoms with van der Waals surface area (Å²) in [4.78, 5) is 12.2. The zero-order chi connectivity index (χ0) is 12.0. The molecule has 7 heteroatoms. The molecule has 0 spiro atoms. The largest absolute Gasteiger partial charge is 0.393 e. The molecular weight excluding hydrogens is 242 g/mol. The minimum atomic E-state index is -0.243. The number of aliphatic hydroxyl groups excluding tert-OH is 1. The van der Waals surface area contributed by atoms with Gasteiger partial charge in [-0.2, -0.15) is 9.97 Å². The smallest absolute Gasteiger partial charge is 0.223 e. The van der Waals surface area contributed by atoms with E-state index in [0.717, 1.165) is 12.8 Å². The maximum atomic E-state index is 9.56. The number of imidazole rings is 1. The molecule has 1 saturated carbocycles. The first-order valence-electron chi connectivity index (χ1n) is 5.49.